The molecule has 0 bridgehead atoms. The van der Waals surface area contributed by atoms with Crippen molar-refractivity contribution in [2.24, 2.45) is 0 Å². The number of rotatable bonds is 4. The molecule has 0 spiro atoms. The molecule has 1 N–H and O–H groups in total. The molecule has 0 fully saturated rings. The van der Waals surface area contributed by atoms with Crippen LogP contribution in [0, 0.1) is 10.1 Å². The van der Waals surface area contributed by atoms with Gasteiger partial charge in [0.05, 0.1) is 21.7 Å². The lowest BCUT2D eigenvalue weighted by molar-refractivity contribution is -0.384. The summed E-state index contributed by atoms with van der Waals surface area (Å²) in [5.74, 6) is -0.838. The number of anilines is 1. The first kappa shape index (κ1) is 20.1. The summed E-state index contributed by atoms with van der Waals surface area (Å²) in [5.41, 5.74) is -1.96. The SMILES string of the molecule is CC(C(=O)Nc1ccccc1C(F)(F)F)n1c(=O)ccc2cc([N+](=O)[O-])ccc21. The maximum atomic E-state index is 13.1. The molecule has 1 heterocycles. The second-order valence-corrected chi connectivity index (χ2v) is 6.25. The summed E-state index contributed by atoms with van der Waals surface area (Å²) in [6, 6.07) is 9.59. The number of pyridine rings is 1. The van der Waals surface area contributed by atoms with E-state index in [4.69, 9.17) is 0 Å². The van der Waals surface area contributed by atoms with Crippen molar-refractivity contribution in [3.05, 3.63) is 80.6 Å². The van der Waals surface area contributed by atoms with Gasteiger partial charge in [0.25, 0.3) is 11.2 Å². The largest absolute Gasteiger partial charge is 0.418 e. The van der Waals surface area contributed by atoms with E-state index in [0.29, 0.717) is 5.39 Å². The van der Waals surface area contributed by atoms with Crippen LogP contribution in [-0.4, -0.2) is 15.4 Å². The molecular formula is C19H14F3N3O4. The molecule has 0 radical (unpaired) electrons. The van der Waals surface area contributed by atoms with Gasteiger partial charge in [-0.15, -0.1) is 0 Å². The van der Waals surface area contributed by atoms with Gasteiger partial charge in [-0.3, -0.25) is 24.3 Å². The van der Waals surface area contributed by atoms with Gasteiger partial charge >= 0.3 is 6.18 Å². The second kappa shape index (κ2) is 7.38. The highest BCUT2D eigenvalue weighted by molar-refractivity contribution is 5.95. The number of benzene rings is 2. The molecule has 1 aromatic heterocycles. The van der Waals surface area contributed by atoms with Gasteiger partial charge < -0.3 is 5.32 Å². The number of aromatic nitrogens is 1. The summed E-state index contributed by atoms with van der Waals surface area (Å²) in [7, 11) is 0. The van der Waals surface area contributed by atoms with Gasteiger partial charge in [-0.05, 0) is 31.2 Å². The molecule has 29 heavy (non-hydrogen) atoms. The first-order valence-electron chi connectivity index (χ1n) is 8.36. The molecule has 150 valence electrons. The zero-order chi connectivity index (χ0) is 21.3. The molecule has 2 aromatic carbocycles. The van der Waals surface area contributed by atoms with E-state index >= 15 is 0 Å². The quantitative estimate of drug-likeness (QED) is 0.522. The fourth-order valence-electron chi connectivity index (χ4n) is 2.96. The molecule has 1 atom stereocenters. The molecule has 3 aromatic rings. The first-order chi connectivity index (χ1) is 13.6. The second-order valence-electron chi connectivity index (χ2n) is 6.25. The van der Waals surface area contributed by atoms with E-state index in [0.717, 1.165) is 22.8 Å². The Morgan fingerprint density at radius 2 is 1.83 bits per heavy atom. The number of nitro groups is 1. The minimum Gasteiger partial charge on any atom is -0.324 e. The van der Waals surface area contributed by atoms with E-state index in [9.17, 15) is 32.9 Å². The van der Waals surface area contributed by atoms with Crippen LogP contribution < -0.4 is 10.9 Å². The highest BCUT2D eigenvalue weighted by atomic mass is 19.4. The minimum absolute atomic E-state index is 0.195. The maximum absolute atomic E-state index is 13.1. The monoisotopic (exact) mass is 405 g/mol. The van der Waals surface area contributed by atoms with Crippen molar-refractivity contribution >= 4 is 28.2 Å². The number of alkyl halides is 3. The summed E-state index contributed by atoms with van der Waals surface area (Å²) in [4.78, 5) is 35.3. The van der Waals surface area contributed by atoms with Crippen LogP contribution in [0.3, 0.4) is 0 Å². The van der Waals surface area contributed by atoms with E-state index in [2.05, 4.69) is 5.32 Å². The van der Waals surface area contributed by atoms with Crippen molar-refractivity contribution in [3.8, 4) is 0 Å². The number of nitrogens with zero attached hydrogens (tertiary/aromatic N) is 2. The van der Waals surface area contributed by atoms with E-state index in [-0.39, 0.29) is 11.2 Å². The number of carbonyl (C=O) groups is 1. The third kappa shape index (κ3) is 3.96. The standard InChI is InChI=1S/C19H14F3N3O4/c1-11(18(27)23-15-5-3-2-4-14(15)19(20,21)22)24-16-8-7-13(25(28)29)10-12(16)6-9-17(24)26/h2-11H,1H3,(H,23,27). The Kier molecular flexibility index (Phi) is 5.10. The minimum atomic E-state index is -4.66. The first-order valence-corrected chi connectivity index (χ1v) is 8.36. The Labute approximate surface area is 161 Å². The molecular weight excluding hydrogens is 391 g/mol. The van der Waals surface area contributed by atoms with Crippen molar-refractivity contribution in [1.82, 2.24) is 4.57 Å². The predicted octanol–water partition coefficient (Wildman–Crippen LogP) is 4.13. The third-order valence-corrected chi connectivity index (χ3v) is 4.38. The maximum Gasteiger partial charge on any atom is 0.418 e. The third-order valence-electron chi connectivity index (χ3n) is 4.38. The van der Waals surface area contributed by atoms with E-state index < -0.39 is 39.9 Å². The Morgan fingerprint density at radius 1 is 1.14 bits per heavy atom. The number of halogens is 3. The van der Waals surface area contributed by atoms with E-state index in [1.54, 1.807) is 0 Å². The smallest absolute Gasteiger partial charge is 0.324 e. The van der Waals surface area contributed by atoms with Gasteiger partial charge in [0.2, 0.25) is 5.91 Å². The van der Waals surface area contributed by atoms with Crippen LogP contribution in [0.2, 0.25) is 0 Å². The average Bonchev–Trinajstić information content (AvgIpc) is 2.66. The summed E-state index contributed by atoms with van der Waals surface area (Å²) >= 11 is 0. The topological polar surface area (TPSA) is 94.2 Å². The summed E-state index contributed by atoms with van der Waals surface area (Å²) < 4.78 is 40.5. The average molecular weight is 405 g/mol. The zero-order valence-corrected chi connectivity index (χ0v) is 14.9. The molecule has 0 aliphatic rings. The van der Waals surface area contributed by atoms with Crippen LogP contribution in [0.15, 0.2) is 59.4 Å². The normalized spacial score (nSPS) is 12.6. The van der Waals surface area contributed by atoms with Crippen molar-refractivity contribution in [2.45, 2.75) is 19.1 Å². The molecule has 0 saturated carbocycles. The lowest BCUT2D eigenvalue weighted by atomic mass is 10.1. The van der Waals surface area contributed by atoms with E-state index in [1.807, 2.05) is 0 Å². The summed E-state index contributed by atoms with van der Waals surface area (Å²) in [6.07, 6.45) is -4.66. The molecule has 0 aliphatic carbocycles. The molecule has 10 heteroatoms. The number of nitrogens with one attached hydrogen (secondary N) is 1. The molecule has 1 amide bonds. The van der Waals surface area contributed by atoms with Crippen molar-refractivity contribution < 1.29 is 22.9 Å². The molecule has 0 aliphatic heterocycles. The number of fused-ring (bicyclic) bond motifs is 1. The lowest BCUT2D eigenvalue weighted by Crippen LogP contribution is -2.32. The number of hydrogen-bond donors (Lipinski definition) is 1. The fraction of sp³-hybridized carbons (Fsp3) is 0.158. The van der Waals surface area contributed by atoms with Crippen molar-refractivity contribution in [2.75, 3.05) is 5.32 Å². The van der Waals surface area contributed by atoms with Crippen LogP contribution in [0.5, 0.6) is 0 Å². The predicted molar refractivity (Wildman–Crippen MR) is 99.6 cm³/mol. The molecule has 3 rings (SSSR count). The van der Waals surface area contributed by atoms with Crippen molar-refractivity contribution in [3.63, 3.8) is 0 Å². The summed E-state index contributed by atoms with van der Waals surface area (Å²) in [5, 5.41) is 13.5. The highest BCUT2D eigenvalue weighted by Gasteiger charge is 2.34. The van der Waals surface area contributed by atoms with Gasteiger partial charge in [-0.2, -0.15) is 13.2 Å². The molecule has 7 nitrogen and oxygen atoms in total. The van der Waals surface area contributed by atoms with Crippen LogP contribution in [0.25, 0.3) is 10.9 Å². The fourth-order valence-corrected chi connectivity index (χ4v) is 2.96. The number of hydrogen-bond acceptors (Lipinski definition) is 4. The number of nitro benzene ring substituents is 1. The lowest BCUT2D eigenvalue weighted by Gasteiger charge is -2.19. The molecule has 0 saturated heterocycles. The Morgan fingerprint density at radius 3 is 2.48 bits per heavy atom. The van der Waals surface area contributed by atoms with Gasteiger partial charge in [-0.1, -0.05) is 12.1 Å². The Hall–Kier alpha value is -3.69. The van der Waals surface area contributed by atoms with Gasteiger partial charge in [-0.25, -0.2) is 0 Å². The molecule has 1 unspecified atom stereocenters. The van der Waals surface area contributed by atoms with Crippen LogP contribution in [0.1, 0.15) is 18.5 Å². The van der Waals surface area contributed by atoms with Crippen molar-refractivity contribution in [1.29, 1.82) is 0 Å². The van der Waals surface area contributed by atoms with Crippen LogP contribution >= 0.6 is 0 Å². The van der Waals surface area contributed by atoms with Gasteiger partial charge in [0.1, 0.15) is 6.04 Å². The Balaban J connectivity index is 2.01. The number of para-hydroxylation sites is 1. The highest BCUT2D eigenvalue weighted by Crippen LogP contribution is 2.35. The van der Waals surface area contributed by atoms with E-state index in [1.165, 1.54) is 43.3 Å². The van der Waals surface area contributed by atoms with Gasteiger partial charge in [0.15, 0.2) is 0 Å². The number of carbonyl (C=O) groups excluding carboxylic acids is 1. The Bertz CT molecular complexity index is 1170. The van der Waals surface area contributed by atoms with Crippen LogP contribution in [0.4, 0.5) is 24.5 Å². The number of non-ortho nitro benzene ring substituents is 1. The zero-order valence-electron chi connectivity index (χ0n) is 14.9. The van der Waals surface area contributed by atoms with Crippen LogP contribution in [-0.2, 0) is 11.0 Å². The van der Waals surface area contributed by atoms with Gasteiger partial charge in [0, 0.05) is 23.6 Å². The number of amides is 1. The summed E-state index contributed by atoms with van der Waals surface area (Å²) in [6.45, 7) is 1.35.